The van der Waals surface area contributed by atoms with Gasteiger partial charge in [0, 0.05) is 18.7 Å². The first-order valence-corrected chi connectivity index (χ1v) is 10.6. The van der Waals surface area contributed by atoms with Crippen molar-refractivity contribution in [3.63, 3.8) is 0 Å². The maximum atomic E-state index is 12.2. The minimum Gasteiger partial charge on any atom is -0.342 e. The Hall–Kier alpha value is -1.35. The number of nitrogens with zero attached hydrogens (tertiary/aromatic N) is 3. The molecule has 1 saturated heterocycles. The number of aromatic nitrogens is 2. The van der Waals surface area contributed by atoms with Crippen molar-refractivity contribution in [3.8, 4) is 0 Å². The lowest BCUT2D eigenvalue weighted by molar-refractivity contribution is -0.129. The molecule has 2 aromatic rings. The first-order chi connectivity index (χ1) is 12.5. The number of hydrogen-bond acceptors (Lipinski definition) is 6. The molecule has 1 aliphatic rings. The Labute approximate surface area is 169 Å². The zero-order chi connectivity index (χ0) is 18.5. The molecule has 6 nitrogen and oxygen atoms in total. The Kier molecular flexibility index (Phi) is 6.74. The van der Waals surface area contributed by atoms with Gasteiger partial charge in [0.15, 0.2) is 4.34 Å². The van der Waals surface area contributed by atoms with Crippen LogP contribution in [0.1, 0.15) is 29.6 Å². The molecule has 1 fully saturated rings. The number of piperidine rings is 1. The molecule has 1 aromatic heterocycles. The summed E-state index contributed by atoms with van der Waals surface area (Å²) < 4.78 is 0.639. The summed E-state index contributed by atoms with van der Waals surface area (Å²) in [6, 6.07) is 4.64. The van der Waals surface area contributed by atoms with E-state index in [9.17, 15) is 9.59 Å². The van der Waals surface area contributed by atoms with E-state index in [1.807, 2.05) is 4.90 Å². The first kappa shape index (κ1) is 19.4. The zero-order valence-electron chi connectivity index (χ0n) is 13.7. The smallest absolute Gasteiger partial charge is 0.257 e. The van der Waals surface area contributed by atoms with Crippen molar-refractivity contribution in [1.29, 1.82) is 0 Å². The van der Waals surface area contributed by atoms with Gasteiger partial charge in [-0.3, -0.25) is 14.9 Å². The van der Waals surface area contributed by atoms with Gasteiger partial charge in [-0.25, -0.2) is 0 Å². The molecule has 26 heavy (non-hydrogen) atoms. The first-order valence-electron chi connectivity index (χ1n) is 8.03. The normalized spacial score (nSPS) is 14.3. The predicted octanol–water partition coefficient (Wildman–Crippen LogP) is 4.20. The predicted molar refractivity (Wildman–Crippen MR) is 105 cm³/mol. The molecule has 2 amide bonds. The largest absolute Gasteiger partial charge is 0.342 e. The van der Waals surface area contributed by atoms with Gasteiger partial charge in [-0.05, 0) is 37.5 Å². The van der Waals surface area contributed by atoms with Gasteiger partial charge in [-0.1, -0.05) is 46.3 Å². The van der Waals surface area contributed by atoms with E-state index in [0.29, 0.717) is 30.8 Å². The van der Waals surface area contributed by atoms with E-state index in [1.165, 1.54) is 35.6 Å². The van der Waals surface area contributed by atoms with E-state index in [2.05, 4.69) is 15.5 Å². The molecule has 0 saturated carbocycles. The highest BCUT2D eigenvalue weighted by Crippen LogP contribution is 2.27. The average molecular weight is 431 g/mol. The van der Waals surface area contributed by atoms with Crippen LogP contribution in [0.5, 0.6) is 0 Å². The van der Waals surface area contributed by atoms with Gasteiger partial charge in [0.25, 0.3) is 5.91 Å². The summed E-state index contributed by atoms with van der Waals surface area (Å²) in [5.74, 6) is 0.0991. The fourth-order valence-electron chi connectivity index (χ4n) is 2.48. The number of likely N-dealkylation sites (tertiary alicyclic amines) is 1. The average Bonchev–Trinajstić information content (AvgIpc) is 3.10. The standard InChI is InChI=1S/C16H16Cl2N4O2S2/c17-11-5-4-10(8-12(11)18)14(24)19-15-20-21-16(26-15)25-9-13(23)22-6-2-1-3-7-22/h4-5,8H,1-3,6-7,9H2,(H,19,20,24). The SMILES string of the molecule is O=C(Nc1nnc(SCC(=O)N2CCCCC2)s1)c1ccc(Cl)c(Cl)c1. The molecular weight excluding hydrogens is 415 g/mol. The highest BCUT2D eigenvalue weighted by atomic mass is 35.5. The Morgan fingerprint density at radius 1 is 1.15 bits per heavy atom. The summed E-state index contributed by atoms with van der Waals surface area (Å²) in [7, 11) is 0. The third-order valence-electron chi connectivity index (χ3n) is 3.84. The molecule has 0 bridgehead atoms. The molecule has 0 atom stereocenters. The Morgan fingerprint density at radius 3 is 2.65 bits per heavy atom. The van der Waals surface area contributed by atoms with E-state index < -0.39 is 0 Å². The van der Waals surface area contributed by atoms with Crippen LogP contribution in [0.15, 0.2) is 22.5 Å². The summed E-state index contributed by atoms with van der Waals surface area (Å²) in [5.41, 5.74) is 0.379. The maximum Gasteiger partial charge on any atom is 0.257 e. The van der Waals surface area contributed by atoms with Crippen molar-refractivity contribution in [2.75, 3.05) is 24.2 Å². The van der Waals surface area contributed by atoms with Crippen LogP contribution >= 0.6 is 46.3 Å². The molecule has 0 radical (unpaired) electrons. The third-order valence-corrected chi connectivity index (χ3v) is 6.53. The summed E-state index contributed by atoms with van der Waals surface area (Å²) in [5, 5.41) is 11.7. The van der Waals surface area contributed by atoms with Crippen LogP contribution < -0.4 is 5.32 Å². The quantitative estimate of drug-likeness (QED) is 0.567. The lowest BCUT2D eigenvalue weighted by Gasteiger charge is -2.26. The summed E-state index contributed by atoms with van der Waals surface area (Å²) >= 11 is 14.3. The van der Waals surface area contributed by atoms with Gasteiger partial charge in [-0.15, -0.1) is 10.2 Å². The van der Waals surface area contributed by atoms with Crippen molar-refractivity contribution in [1.82, 2.24) is 15.1 Å². The number of carbonyl (C=O) groups excluding carboxylic acids is 2. The van der Waals surface area contributed by atoms with Crippen molar-refractivity contribution in [2.45, 2.75) is 23.6 Å². The third kappa shape index (κ3) is 5.09. The number of carbonyl (C=O) groups is 2. The molecular formula is C16H16Cl2N4O2S2. The van der Waals surface area contributed by atoms with Gasteiger partial charge < -0.3 is 4.90 Å². The van der Waals surface area contributed by atoms with E-state index in [1.54, 1.807) is 12.1 Å². The number of amides is 2. The molecule has 1 N–H and O–H groups in total. The van der Waals surface area contributed by atoms with Crippen LogP contribution in [0.3, 0.4) is 0 Å². The minimum atomic E-state index is -0.347. The Morgan fingerprint density at radius 2 is 1.92 bits per heavy atom. The van der Waals surface area contributed by atoms with E-state index in [-0.39, 0.29) is 11.8 Å². The number of benzene rings is 1. The van der Waals surface area contributed by atoms with Crippen molar-refractivity contribution < 1.29 is 9.59 Å². The Balaban J connectivity index is 1.53. The Bertz CT molecular complexity index is 809. The number of rotatable bonds is 5. The van der Waals surface area contributed by atoms with Crippen LogP contribution in [-0.4, -0.2) is 45.8 Å². The summed E-state index contributed by atoms with van der Waals surface area (Å²) in [6.07, 6.45) is 3.33. The topological polar surface area (TPSA) is 75.2 Å². The molecule has 0 aliphatic carbocycles. The van der Waals surface area contributed by atoms with Crippen LogP contribution in [-0.2, 0) is 4.79 Å². The molecule has 3 rings (SSSR count). The molecule has 0 spiro atoms. The minimum absolute atomic E-state index is 0.117. The van der Waals surface area contributed by atoms with Gasteiger partial charge in [0.1, 0.15) is 0 Å². The van der Waals surface area contributed by atoms with Crippen molar-refractivity contribution in [2.24, 2.45) is 0 Å². The van der Waals surface area contributed by atoms with Gasteiger partial charge >= 0.3 is 0 Å². The molecule has 138 valence electrons. The molecule has 1 aliphatic heterocycles. The second-order valence-corrected chi connectivity index (χ2v) is 8.70. The summed E-state index contributed by atoms with van der Waals surface area (Å²) in [6.45, 7) is 1.67. The lowest BCUT2D eigenvalue weighted by atomic mass is 10.1. The van der Waals surface area contributed by atoms with Gasteiger partial charge in [0.05, 0.1) is 15.8 Å². The molecule has 2 heterocycles. The molecule has 1 aromatic carbocycles. The number of nitrogens with one attached hydrogen (secondary N) is 1. The number of halogens is 2. The van der Waals surface area contributed by atoms with Crippen molar-refractivity contribution in [3.05, 3.63) is 33.8 Å². The highest BCUT2D eigenvalue weighted by molar-refractivity contribution is 8.01. The molecule has 0 unspecified atom stereocenters. The van der Waals surface area contributed by atoms with Gasteiger partial charge in [-0.2, -0.15) is 0 Å². The summed E-state index contributed by atoms with van der Waals surface area (Å²) in [4.78, 5) is 26.3. The van der Waals surface area contributed by atoms with Crippen LogP contribution in [0, 0.1) is 0 Å². The lowest BCUT2D eigenvalue weighted by Crippen LogP contribution is -2.36. The second-order valence-electron chi connectivity index (χ2n) is 5.69. The number of thioether (sulfide) groups is 1. The zero-order valence-corrected chi connectivity index (χ0v) is 16.9. The van der Waals surface area contributed by atoms with Crippen LogP contribution in [0.4, 0.5) is 5.13 Å². The monoisotopic (exact) mass is 430 g/mol. The highest BCUT2D eigenvalue weighted by Gasteiger charge is 2.18. The van der Waals surface area contributed by atoms with Crippen LogP contribution in [0.2, 0.25) is 10.0 Å². The van der Waals surface area contributed by atoms with E-state index in [4.69, 9.17) is 23.2 Å². The number of hydrogen-bond donors (Lipinski definition) is 1. The fourth-order valence-corrected chi connectivity index (χ4v) is 4.43. The molecule has 10 heteroatoms. The van der Waals surface area contributed by atoms with Crippen molar-refractivity contribution >= 4 is 63.2 Å². The number of anilines is 1. The fraction of sp³-hybridized carbons (Fsp3) is 0.375. The maximum absolute atomic E-state index is 12.2. The van der Waals surface area contributed by atoms with Gasteiger partial charge in [0.2, 0.25) is 11.0 Å². The van der Waals surface area contributed by atoms with E-state index >= 15 is 0 Å². The second kappa shape index (κ2) is 9.03. The van der Waals surface area contributed by atoms with Crippen LogP contribution in [0.25, 0.3) is 0 Å². The van der Waals surface area contributed by atoms with E-state index in [0.717, 1.165) is 25.9 Å².